The smallest absolute Gasteiger partial charge is 0.236 e. The zero-order valence-electron chi connectivity index (χ0n) is 9.81. The second kappa shape index (κ2) is 6.22. The highest BCUT2D eigenvalue weighted by Gasteiger charge is 2.11. The van der Waals surface area contributed by atoms with E-state index in [1.54, 1.807) is 6.33 Å². The molecule has 0 saturated heterocycles. The zero-order chi connectivity index (χ0) is 12.0. The number of carbonyl (C=O) groups is 1. The second-order valence-corrected chi connectivity index (χ2v) is 3.79. The van der Waals surface area contributed by atoms with Crippen molar-refractivity contribution in [1.29, 1.82) is 0 Å². The number of nitrogens with zero attached hydrogens (tertiary/aromatic N) is 3. The summed E-state index contributed by atoms with van der Waals surface area (Å²) in [6.07, 6.45) is 3.94. The van der Waals surface area contributed by atoms with Gasteiger partial charge >= 0.3 is 0 Å². The van der Waals surface area contributed by atoms with Crippen LogP contribution in [0.5, 0.6) is 0 Å². The van der Waals surface area contributed by atoms with Gasteiger partial charge in [0.1, 0.15) is 12.2 Å². The lowest BCUT2D eigenvalue weighted by atomic mass is 10.1. The van der Waals surface area contributed by atoms with E-state index in [1.807, 2.05) is 18.5 Å². The first-order chi connectivity index (χ1) is 7.65. The summed E-state index contributed by atoms with van der Waals surface area (Å²) in [5, 5.41) is 10.5. The molecule has 1 heterocycles. The summed E-state index contributed by atoms with van der Waals surface area (Å²) in [6, 6.07) is -0.399. The minimum atomic E-state index is -0.399. The van der Waals surface area contributed by atoms with Gasteiger partial charge in [-0.05, 0) is 6.42 Å². The van der Waals surface area contributed by atoms with Crippen molar-refractivity contribution >= 4 is 5.91 Å². The molecule has 6 heteroatoms. The maximum Gasteiger partial charge on any atom is 0.236 e. The van der Waals surface area contributed by atoms with Crippen LogP contribution in [0, 0.1) is 0 Å². The van der Waals surface area contributed by atoms with E-state index in [1.165, 1.54) is 0 Å². The highest BCUT2D eigenvalue weighted by molar-refractivity contribution is 5.81. The minimum absolute atomic E-state index is 0.0935. The Morgan fingerprint density at radius 2 is 2.44 bits per heavy atom. The second-order valence-electron chi connectivity index (χ2n) is 3.79. The Kier molecular flexibility index (Phi) is 4.91. The number of rotatable bonds is 6. The van der Waals surface area contributed by atoms with Crippen molar-refractivity contribution in [2.45, 2.75) is 32.2 Å². The molecule has 0 aliphatic rings. The van der Waals surface area contributed by atoms with Crippen molar-refractivity contribution in [2.75, 3.05) is 6.54 Å². The molecule has 90 valence electrons. The van der Waals surface area contributed by atoms with Gasteiger partial charge < -0.3 is 15.6 Å². The summed E-state index contributed by atoms with van der Waals surface area (Å²) in [5.41, 5.74) is 5.67. The number of aromatic nitrogens is 3. The Morgan fingerprint density at radius 3 is 3.00 bits per heavy atom. The maximum absolute atomic E-state index is 11.5. The SMILES string of the molecule is CCC[C@H](N)C(=O)NCCc1nncn1C. The van der Waals surface area contributed by atoms with Crippen LogP contribution in [0.1, 0.15) is 25.6 Å². The van der Waals surface area contributed by atoms with E-state index in [0.29, 0.717) is 13.0 Å². The van der Waals surface area contributed by atoms with Gasteiger partial charge in [0.2, 0.25) is 5.91 Å². The van der Waals surface area contributed by atoms with E-state index in [-0.39, 0.29) is 5.91 Å². The normalized spacial score (nSPS) is 12.4. The number of nitrogens with two attached hydrogens (primary N) is 1. The Bertz CT molecular complexity index is 336. The van der Waals surface area contributed by atoms with E-state index in [4.69, 9.17) is 5.73 Å². The topological polar surface area (TPSA) is 85.8 Å². The molecule has 0 radical (unpaired) electrons. The Hall–Kier alpha value is -1.43. The molecule has 0 unspecified atom stereocenters. The molecule has 1 atom stereocenters. The zero-order valence-corrected chi connectivity index (χ0v) is 9.81. The van der Waals surface area contributed by atoms with Gasteiger partial charge in [-0.3, -0.25) is 4.79 Å². The highest BCUT2D eigenvalue weighted by atomic mass is 16.2. The molecule has 0 bridgehead atoms. The fourth-order valence-corrected chi connectivity index (χ4v) is 1.40. The van der Waals surface area contributed by atoms with Crippen molar-refractivity contribution in [2.24, 2.45) is 12.8 Å². The summed E-state index contributed by atoms with van der Waals surface area (Å²) >= 11 is 0. The molecule has 0 fully saturated rings. The molecule has 0 aliphatic carbocycles. The van der Waals surface area contributed by atoms with Crippen LogP contribution in [0.2, 0.25) is 0 Å². The van der Waals surface area contributed by atoms with Crippen LogP contribution >= 0.6 is 0 Å². The van der Waals surface area contributed by atoms with Crippen LogP contribution in [0.15, 0.2) is 6.33 Å². The van der Waals surface area contributed by atoms with Crippen LogP contribution < -0.4 is 11.1 Å². The molecule has 0 saturated carbocycles. The molecule has 6 nitrogen and oxygen atoms in total. The van der Waals surface area contributed by atoms with E-state index < -0.39 is 6.04 Å². The number of hydrogen-bond donors (Lipinski definition) is 2. The van der Waals surface area contributed by atoms with Crippen LogP contribution in [0.4, 0.5) is 0 Å². The standard InChI is InChI=1S/C10H19N5O/c1-3-4-8(11)10(16)12-6-5-9-14-13-7-15(9)2/h7-8H,3-6,11H2,1-2H3,(H,12,16)/t8-/m0/s1. The number of carbonyl (C=O) groups excluding carboxylic acids is 1. The molecular weight excluding hydrogens is 206 g/mol. The van der Waals surface area contributed by atoms with Gasteiger partial charge in [0, 0.05) is 20.0 Å². The summed E-state index contributed by atoms with van der Waals surface area (Å²) in [7, 11) is 1.87. The molecule has 1 rings (SSSR count). The largest absolute Gasteiger partial charge is 0.354 e. The van der Waals surface area contributed by atoms with Crippen molar-refractivity contribution in [3.8, 4) is 0 Å². The molecule has 16 heavy (non-hydrogen) atoms. The first-order valence-corrected chi connectivity index (χ1v) is 5.51. The summed E-state index contributed by atoms with van der Waals surface area (Å²) in [5.74, 6) is 0.758. The van der Waals surface area contributed by atoms with Crippen molar-refractivity contribution in [3.63, 3.8) is 0 Å². The van der Waals surface area contributed by atoms with Crippen molar-refractivity contribution < 1.29 is 4.79 Å². The summed E-state index contributed by atoms with van der Waals surface area (Å²) in [6.45, 7) is 2.55. The van der Waals surface area contributed by atoms with Gasteiger partial charge in [0.05, 0.1) is 6.04 Å². The fraction of sp³-hybridized carbons (Fsp3) is 0.700. The van der Waals surface area contributed by atoms with Gasteiger partial charge in [0.15, 0.2) is 0 Å². The Labute approximate surface area is 95.2 Å². The molecule has 0 aliphatic heterocycles. The van der Waals surface area contributed by atoms with Gasteiger partial charge in [-0.15, -0.1) is 10.2 Å². The third kappa shape index (κ3) is 3.62. The van der Waals surface area contributed by atoms with Crippen LogP contribution in [0.25, 0.3) is 0 Å². The summed E-state index contributed by atoms with van der Waals surface area (Å²) < 4.78 is 1.83. The van der Waals surface area contributed by atoms with Crippen LogP contribution in [0.3, 0.4) is 0 Å². The Morgan fingerprint density at radius 1 is 1.69 bits per heavy atom. The highest BCUT2D eigenvalue weighted by Crippen LogP contribution is 1.94. The van der Waals surface area contributed by atoms with Gasteiger partial charge in [-0.25, -0.2) is 0 Å². The van der Waals surface area contributed by atoms with Gasteiger partial charge in [-0.2, -0.15) is 0 Å². The van der Waals surface area contributed by atoms with E-state index in [2.05, 4.69) is 15.5 Å². The predicted octanol–water partition coefficient (Wildman–Crippen LogP) is -0.399. The third-order valence-corrected chi connectivity index (χ3v) is 2.39. The number of amides is 1. The average Bonchev–Trinajstić information content (AvgIpc) is 2.65. The van der Waals surface area contributed by atoms with Gasteiger partial charge in [0.25, 0.3) is 0 Å². The first-order valence-electron chi connectivity index (χ1n) is 5.51. The number of hydrogen-bond acceptors (Lipinski definition) is 4. The van der Waals surface area contributed by atoms with Crippen molar-refractivity contribution in [1.82, 2.24) is 20.1 Å². The molecular formula is C10H19N5O. The lowest BCUT2D eigenvalue weighted by molar-refractivity contribution is -0.122. The van der Waals surface area contributed by atoms with Crippen molar-refractivity contribution in [3.05, 3.63) is 12.2 Å². The van der Waals surface area contributed by atoms with Crippen LogP contribution in [-0.2, 0) is 18.3 Å². The number of nitrogens with one attached hydrogen (secondary N) is 1. The third-order valence-electron chi connectivity index (χ3n) is 2.39. The summed E-state index contributed by atoms with van der Waals surface area (Å²) in [4.78, 5) is 11.5. The quantitative estimate of drug-likeness (QED) is 0.690. The minimum Gasteiger partial charge on any atom is -0.354 e. The molecule has 1 aromatic heterocycles. The van der Waals surface area contributed by atoms with Gasteiger partial charge in [-0.1, -0.05) is 13.3 Å². The molecule has 0 spiro atoms. The molecule has 1 aromatic rings. The lowest BCUT2D eigenvalue weighted by Crippen LogP contribution is -2.41. The first kappa shape index (κ1) is 12.6. The molecule has 1 amide bonds. The van der Waals surface area contributed by atoms with E-state index in [9.17, 15) is 4.79 Å². The molecule has 3 N–H and O–H groups in total. The monoisotopic (exact) mass is 225 g/mol. The number of aryl methyl sites for hydroxylation is 1. The van der Waals surface area contributed by atoms with Crippen LogP contribution in [-0.4, -0.2) is 33.3 Å². The fourth-order valence-electron chi connectivity index (χ4n) is 1.40. The molecule has 0 aromatic carbocycles. The Balaban J connectivity index is 2.25. The maximum atomic E-state index is 11.5. The predicted molar refractivity (Wildman–Crippen MR) is 60.6 cm³/mol. The van der Waals surface area contributed by atoms with E-state index >= 15 is 0 Å². The average molecular weight is 225 g/mol. The lowest BCUT2D eigenvalue weighted by Gasteiger charge is -2.10. The van der Waals surface area contributed by atoms with E-state index in [0.717, 1.165) is 18.7 Å².